The highest BCUT2D eigenvalue weighted by molar-refractivity contribution is 7.71. The average Bonchev–Trinajstić information content (AvgIpc) is 3.12. The Morgan fingerprint density at radius 3 is 2.89 bits per heavy atom. The molecular weight excluding hydrogens is 246 g/mol. The van der Waals surface area contributed by atoms with Gasteiger partial charge in [-0.2, -0.15) is 5.10 Å². The fourth-order valence-corrected chi connectivity index (χ4v) is 2.44. The van der Waals surface area contributed by atoms with Gasteiger partial charge in [0.05, 0.1) is 12.7 Å². The van der Waals surface area contributed by atoms with Crippen molar-refractivity contribution < 1.29 is 4.74 Å². The molecule has 0 aliphatic heterocycles. The maximum absolute atomic E-state index is 5.42. The molecule has 1 saturated carbocycles. The van der Waals surface area contributed by atoms with Gasteiger partial charge in [-0.3, -0.25) is 9.67 Å². The monoisotopic (exact) mass is 261 g/mol. The third-order valence-electron chi connectivity index (χ3n) is 3.21. The van der Waals surface area contributed by atoms with E-state index in [1.807, 2.05) is 12.1 Å². The molecule has 0 bridgehead atoms. The number of hydrogen-bond acceptors (Lipinski definition) is 3. The lowest BCUT2D eigenvalue weighted by atomic mass is 10.1. The summed E-state index contributed by atoms with van der Waals surface area (Å²) < 4.78 is 8.21. The standard InChI is InChI=1S/C13H15N3OS/c1-8-3-6-11(17-2)10(7-8)12-14-15-13(18)16(12)9-4-5-9/h3,6-7,9H,4-5H2,1-2H3,(H,15,18). The van der Waals surface area contributed by atoms with Gasteiger partial charge in [-0.15, -0.1) is 0 Å². The molecule has 4 nitrogen and oxygen atoms in total. The maximum Gasteiger partial charge on any atom is 0.195 e. The molecule has 2 aromatic rings. The summed E-state index contributed by atoms with van der Waals surface area (Å²) in [5.41, 5.74) is 2.18. The smallest absolute Gasteiger partial charge is 0.195 e. The van der Waals surface area contributed by atoms with Crippen LogP contribution in [0.25, 0.3) is 11.4 Å². The fourth-order valence-electron chi connectivity index (χ4n) is 2.16. The first-order valence-electron chi connectivity index (χ1n) is 6.02. The van der Waals surface area contributed by atoms with Crippen molar-refractivity contribution in [3.63, 3.8) is 0 Å². The van der Waals surface area contributed by atoms with E-state index < -0.39 is 0 Å². The van der Waals surface area contributed by atoms with Crippen molar-refractivity contribution in [2.45, 2.75) is 25.8 Å². The molecule has 0 amide bonds. The number of methoxy groups -OCH3 is 1. The van der Waals surface area contributed by atoms with Crippen LogP contribution in [0.5, 0.6) is 5.75 Å². The second kappa shape index (κ2) is 4.24. The molecule has 1 aromatic heterocycles. The molecule has 1 fully saturated rings. The van der Waals surface area contributed by atoms with Crippen LogP contribution in [0.15, 0.2) is 18.2 Å². The van der Waals surface area contributed by atoms with Crippen LogP contribution in [0.3, 0.4) is 0 Å². The van der Waals surface area contributed by atoms with E-state index in [4.69, 9.17) is 17.0 Å². The van der Waals surface area contributed by atoms with Crippen molar-refractivity contribution in [2.24, 2.45) is 0 Å². The first kappa shape index (κ1) is 11.5. The van der Waals surface area contributed by atoms with Crippen LogP contribution in [0, 0.1) is 11.7 Å². The predicted octanol–water partition coefficient (Wildman–Crippen LogP) is 3.26. The minimum absolute atomic E-state index is 0.497. The van der Waals surface area contributed by atoms with Gasteiger partial charge < -0.3 is 4.74 Å². The van der Waals surface area contributed by atoms with E-state index >= 15 is 0 Å². The molecule has 1 N–H and O–H groups in total. The number of ether oxygens (including phenoxy) is 1. The number of benzene rings is 1. The lowest BCUT2D eigenvalue weighted by Crippen LogP contribution is -1.99. The van der Waals surface area contributed by atoms with Crippen molar-refractivity contribution in [2.75, 3.05) is 7.11 Å². The number of H-pyrrole nitrogens is 1. The van der Waals surface area contributed by atoms with Crippen molar-refractivity contribution in [3.8, 4) is 17.1 Å². The zero-order valence-electron chi connectivity index (χ0n) is 10.4. The lowest BCUT2D eigenvalue weighted by molar-refractivity contribution is 0.415. The SMILES string of the molecule is COc1ccc(C)cc1-c1n[nH]c(=S)n1C1CC1. The van der Waals surface area contributed by atoms with Crippen LogP contribution in [0.2, 0.25) is 0 Å². The summed E-state index contributed by atoms with van der Waals surface area (Å²) in [5.74, 6) is 1.71. The number of nitrogens with zero attached hydrogens (tertiary/aromatic N) is 2. The van der Waals surface area contributed by atoms with Crippen molar-refractivity contribution in [1.29, 1.82) is 0 Å². The number of aryl methyl sites for hydroxylation is 1. The van der Waals surface area contributed by atoms with Crippen LogP contribution in [-0.2, 0) is 0 Å². The highest BCUT2D eigenvalue weighted by Gasteiger charge is 2.28. The quantitative estimate of drug-likeness (QED) is 0.862. The van der Waals surface area contributed by atoms with Gasteiger partial charge >= 0.3 is 0 Å². The van der Waals surface area contributed by atoms with Crippen LogP contribution in [-0.4, -0.2) is 21.9 Å². The Bertz CT molecular complexity index is 640. The third-order valence-corrected chi connectivity index (χ3v) is 3.50. The zero-order valence-corrected chi connectivity index (χ0v) is 11.3. The summed E-state index contributed by atoms with van der Waals surface area (Å²) in [4.78, 5) is 0. The van der Waals surface area contributed by atoms with Crippen molar-refractivity contribution in [3.05, 3.63) is 28.5 Å². The van der Waals surface area contributed by atoms with Crippen molar-refractivity contribution >= 4 is 12.2 Å². The highest BCUT2D eigenvalue weighted by Crippen LogP contribution is 2.40. The summed E-state index contributed by atoms with van der Waals surface area (Å²) in [6.45, 7) is 2.06. The molecule has 1 heterocycles. The molecule has 1 aliphatic carbocycles. The van der Waals surface area contributed by atoms with Gasteiger partial charge in [-0.25, -0.2) is 0 Å². The van der Waals surface area contributed by atoms with E-state index in [9.17, 15) is 0 Å². The van der Waals surface area contributed by atoms with E-state index in [2.05, 4.69) is 27.8 Å². The zero-order chi connectivity index (χ0) is 12.7. The molecule has 3 rings (SSSR count). The normalized spacial score (nSPS) is 14.8. The maximum atomic E-state index is 5.42. The Labute approximate surface area is 111 Å². The van der Waals surface area contributed by atoms with E-state index in [0.717, 1.165) is 17.1 Å². The summed E-state index contributed by atoms with van der Waals surface area (Å²) in [7, 11) is 1.68. The summed E-state index contributed by atoms with van der Waals surface area (Å²) in [6, 6.07) is 6.59. The number of rotatable bonds is 3. The molecule has 0 saturated heterocycles. The van der Waals surface area contributed by atoms with Gasteiger partial charge in [0.1, 0.15) is 5.75 Å². The Balaban J connectivity index is 2.20. The first-order valence-corrected chi connectivity index (χ1v) is 6.43. The Kier molecular flexibility index (Phi) is 2.70. The van der Waals surface area contributed by atoms with E-state index in [0.29, 0.717) is 10.8 Å². The molecule has 94 valence electrons. The number of nitrogens with one attached hydrogen (secondary N) is 1. The Hall–Kier alpha value is -1.62. The highest BCUT2D eigenvalue weighted by atomic mass is 32.1. The summed E-state index contributed by atoms with van der Waals surface area (Å²) >= 11 is 5.31. The minimum Gasteiger partial charge on any atom is -0.496 e. The molecule has 0 spiro atoms. The van der Waals surface area contributed by atoms with Gasteiger partial charge in [-0.1, -0.05) is 11.6 Å². The van der Waals surface area contributed by atoms with E-state index in [1.165, 1.54) is 18.4 Å². The van der Waals surface area contributed by atoms with Crippen molar-refractivity contribution in [1.82, 2.24) is 14.8 Å². The van der Waals surface area contributed by atoms with Gasteiger partial charge in [-0.05, 0) is 44.1 Å². The number of hydrogen-bond donors (Lipinski definition) is 1. The second-order valence-electron chi connectivity index (χ2n) is 4.66. The van der Waals surface area contributed by atoms with Crippen LogP contribution >= 0.6 is 12.2 Å². The topological polar surface area (TPSA) is 42.8 Å². The Morgan fingerprint density at radius 1 is 1.44 bits per heavy atom. The molecule has 1 aliphatic rings. The second-order valence-corrected chi connectivity index (χ2v) is 5.04. The molecular formula is C13H15N3OS. The average molecular weight is 261 g/mol. The lowest BCUT2D eigenvalue weighted by Gasteiger charge is -2.10. The largest absolute Gasteiger partial charge is 0.496 e. The number of aromatic nitrogens is 3. The minimum atomic E-state index is 0.497. The molecule has 0 unspecified atom stereocenters. The van der Waals surface area contributed by atoms with E-state index in [1.54, 1.807) is 7.11 Å². The van der Waals surface area contributed by atoms with E-state index in [-0.39, 0.29) is 0 Å². The van der Waals surface area contributed by atoms with Crippen LogP contribution in [0.4, 0.5) is 0 Å². The van der Waals surface area contributed by atoms with Gasteiger partial charge in [0, 0.05) is 6.04 Å². The first-order chi connectivity index (χ1) is 8.70. The summed E-state index contributed by atoms with van der Waals surface area (Å²) in [5, 5.41) is 7.25. The molecule has 5 heteroatoms. The third kappa shape index (κ3) is 1.84. The summed E-state index contributed by atoms with van der Waals surface area (Å²) in [6.07, 6.45) is 2.35. The predicted molar refractivity (Wildman–Crippen MR) is 72.4 cm³/mol. The van der Waals surface area contributed by atoms with Crippen LogP contribution < -0.4 is 4.74 Å². The molecule has 1 aromatic carbocycles. The van der Waals surface area contributed by atoms with Gasteiger partial charge in [0.2, 0.25) is 0 Å². The number of aromatic amines is 1. The van der Waals surface area contributed by atoms with Gasteiger partial charge in [0.25, 0.3) is 0 Å². The van der Waals surface area contributed by atoms with Crippen LogP contribution in [0.1, 0.15) is 24.4 Å². The molecule has 0 radical (unpaired) electrons. The van der Waals surface area contributed by atoms with Gasteiger partial charge in [0.15, 0.2) is 10.6 Å². The molecule has 18 heavy (non-hydrogen) atoms. The molecule has 0 atom stereocenters. The Morgan fingerprint density at radius 2 is 2.22 bits per heavy atom. The fraction of sp³-hybridized carbons (Fsp3) is 0.385.